The van der Waals surface area contributed by atoms with Crippen LogP contribution in [0.4, 0.5) is 11.4 Å². The number of halogens is 1. The summed E-state index contributed by atoms with van der Waals surface area (Å²) in [6.07, 6.45) is 5.76. The molecule has 1 aromatic carbocycles. The zero-order chi connectivity index (χ0) is 17.0. The summed E-state index contributed by atoms with van der Waals surface area (Å²) in [6.45, 7) is 1.39. The molecule has 25 heavy (non-hydrogen) atoms. The Morgan fingerprint density at radius 3 is 2.88 bits per heavy atom. The number of carbonyl (C=O) groups excluding carboxylic acids is 1. The molecule has 1 aliphatic carbocycles. The van der Waals surface area contributed by atoms with Gasteiger partial charge in [-0.2, -0.15) is 4.98 Å². The second-order valence-electron chi connectivity index (χ2n) is 6.31. The van der Waals surface area contributed by atoms with E-state index in [4.69, 9.17) is 11.6 Å². The van der Waals surface area contributed by atoms with Crippen molar-refractivity contribution in [2.75, 3.05) is 22.9 Å². The van der Waals surface area contributed by atoms with Crippen LogP contribution in [0.3, 0.4) is 0 Å². The summed E-state index contributed by atoms with van der Waals surface area (Å²) in [5.41, 5.74) is 1.87. The second kappa shape index (κ2) is 5.42. The van der Waals surface area contributed by atoms with Gasteiger partial charge in [0.15, 0.2) is 0 Å². The lowest BCUT2D eigenvalue weighted by Crippen LogP contribution is -2.45. The highest BCUT2D eigenvalue weighted by molar-refractivity contribution is 6.31. The lowest BCUT2D eigenvalue weighted by Gasteiger charge is -2.37. The average Bonchev–Trinajstić information content (AvgIpc) is 3.37. The van der Waals surface area contributed by atoms with Gasteiger partial charge < -0.3 is 9.80 Å². The van der Waals surface area contributed by atoms with Gasteiger partial charge in [-0.1, -0.05) is 11.6 Å². The number of benzene rings is 1. The van der Waals surface area contributed by atoms with E-state index in [0.29, 0.717) is 23.4 Å². The van der Waals surface area contributed by atoms with E-state index < -0.39 is 0 Å². The van der Waals surface area contributed by atoms with Crippen molar-refractivity contribution in [2.45, 2.75) is 18.9 Å². The number of nitrogens with zero attached hydrogens (tertiary/aromatic N) is 6. The van der Waals surface area contributed by atoms with E-state index in [0.717, 1.165) is 17.9 Å². The molecule has 1 aliphatic heterocycles. The molecule has 5 rings (SSSR count). The Bertz CT molecular complexity index is 949. The van der Waals surface area contributed by atoms with Crippen molar-refractivity contribution in [3.8, 4) is 0 Å². The van der Waals surface area contributed by atoms with Gasteiger partial charge in [0.2, 0.25) is 5.82 Å². The standard InChI is InChI=1S/C17H15ClN6O/c18-11-2-5-13-14(10-11)23(9-8-22(13)12-3-4-12)16(25)15-20-17-19-6-1-7-24(17)21-15/h1-2,5-7,10,12H,3-4,8-9H2. The molecule has 0 radical (unpaired) electrons. The minimum Gasteiger partial charge on any atom is -0.365 e. The molecule has 126 valence electrons. The normalized spacial score (nSPS) is 17.0. The molecule has 1 amide bonds. The quantitative estimate of drug-likeness (QED) is 0.707. The Morgan fingerprint density at radius 1 is 1.20 bits per heavy atom. The van der Waals surface area contributed by atoms with E-state index in [9.17, 15) is 4.79 Å². The van der Waals surface area contributed by atoms with Gasteiger partial charge in [0.25, 0.3) is 11.7 Å². The van der Waals surface area contributed by atoms with Crippen molar-refractivity contribution in [2.24, 2.45) is 0 Å². The van der Waals surface area contributed by atoms with Gasteiger partial charge in [0.05, 0.1) is 11.4 Å². The van der Waals surface area contributed by atoms with E-state index in [1.165, 1.54) is 17.4 Å². The minimum absolute atomic E-state index is 0.143. The average molecular weight is 355 g/mol. The number of hydrogen-bond acceptors (Lipinski definition) is 5. The van der Waals surface area contributed by atoms with Crippen LogP contribution < -0.4 is 9.80 Å². The number of rotatable bonds is 2. The van der Waals surface area contributed by atoms with Crippen molar-refractivity contribution in [3.05, 3.63) is 47.5 Å². The van der Waals surface area contributed by atoms with E-state index in [1.807, 2.05) is 18.2 Å². The maximum absolute atomic E-state index is 13.0. The predicted octanol–water partition coefficient (Wildman–Crippen LogP) is 2.41. The molecular formula is C17H15ClN6O. The summed E-state index contributed by atoms with van der Waals surface area (Å²) < 4.78 is 1.51. The Balaban J connectivity index is 1.55. The summed E-state index contributed by atoms with van der Waals surface area (Å²) in [7, 11) is 0. The molecule has 0 spiro atoms. The first-order valence-corrected chi connectivity index (χ1v) is 8.64. The molecule has 2 aromatic heterocycles. The maximum Gasteiger partial charge on any atom is 0.298 e. The zero-order valence-corrected chi connectivity index (χ0v) is 14.1. The molecule has 0 atom stereocenters. The van der Waals surface area contributed by atoms with Crippen LogP contribution in [-0.2, 0) is 0 Å². The Labute approximate surface area is 148 Å². The van der Waals surface area contributed by atoms with Crippen LogP contribution in [0.2, 0.25) is 5.02 Å². The van der Waals surface area contributed by atoms with Crippen LogP contribution in [0.5, 0.6) is 0 Å². The largest absolute Gasteiger partial charge is 0.365 e. The predicted molar refractivity (Wildman–Crippen MR) is 94.3 cm³/mol. The number of hydrogen-bond donors (Lipinski definition) is 0. The van der Waals surface area contributed by atoms with Crippen LogP contribution in [0.25, 0.3) is 5.78 Å². The highest BCUT2D eigenvalue weighted by Gasteiger charge is 2.36. The molecule has 2 aliphatic rings. The zero-order valence-electron chi connectivity index (χ0n) is 13.3. The topological polar surface area (TPSA) is 66.6 Å². The maximum atomic E-state index is 13.0. The number of carbonyl (C=O) groups is 1. The first-order chi connectivity index (χ1) is 12.2. The van der Waals surface area contributed by atoms with E-state index >= 15 is 0 Å². The molecule has 8 heteroatoms. The molecular weight excluding hydrogens is 340 g/mol. The lowest BCUT2D eigenvalue weighted by molar-refractivity contribution is 0.0977. The summed E-state index contributed by atoms with van der Waals surface area (Å²) in [4.78, 5) is 25.5. The molecule has 1 saturated carbocycles. The van der Waals surface area contributed by atoms with Crippen LogP contribution in [0.15, 0.2) is 36.7 Å². The fourth-order valence-corrected chi connectivity index (χ4v) is 3.49. The number of aromatic nitrogens is 4. The molecule has 1 fully saturated rings. The highest BCUT2D eigenvalue weighted by atomic mass is 35.5. The Hall–Kier alpha value is -2.67. The van der Waals surface area contributed by atoms with Crippen molar-refractivity contribution in [3.63, 3.8) is 0 Å². The molecule has 7 nitrogen and oxygen atoms in total. The third-order valence-corrected chi connectivity index (χ3v) is 4.88. The first kappa shape index (κ1) is 14.7. The summed E-state index contributed by atoms with van der Waals surface area (Å²) >= 11 is 6.20. The van der Waals surface area contributed by atoms with Gasteiger partial charge in [-0.25, -0.2) is 9.50 Å². The second-order valence-corrected chi connectivity index (χ2v) is 6.75. The summed E-state index contributed by atoms with van der Waals surface area (Å²) in [5, 5.41) is 4.86. The van der Waals surface area contributed by atoms with Crippen molar-refractivity contribution in [1.82, 2.24) is 19.6 Å². The number of amides is 1. The monoisotopic (exact) mass is 354 g/mol. The minimum atomic E-state index is -0.232. The van der Waals surface area contributed by atoms with Crippen LogP contribution in [0.1, 0.15) is 23.5 Å². The van der Waals surface area contributed by atoms with E-state index in [1.54, 1.807) is 23.4 Å². The van der Waals surface area contributed by atoms with Gasteiger partial charge >= 0.3 is 0 Å². The van der Waals surface area contributed by atoms with Crippen LogP contribution >= 0.6 is 11.6 Å². The van der Waals surface area contributed by atoms with Gasteiger partial charge in [-0.05, 0) is 37.1 Å². The molecule has 3 heterocycles. The van der Waals surface area contributed by atoms with E-state index in [-0.39, 0.29) is 11.7 Å². The fraction of sp³-hybridized carbons (Fsp3) is 0.294. The van der Waals surface area contributed by atoms with Gasteiger partial charge in [0, 0.05) is 36.5 Å². The van der Waals surface area contributed by atoms with Crippen molar-refractivity contribution < 1.29 is 4.79 Å². The third-order valence-electron chi connectivity index (χ3n) is 4.64. The van der Waals surface area contributed by atoms with Gasteiger partial charge in [-0.15, -0.1) is 5.10 Å². The SMILES string of the molecule is O=C(c1nc2ncccn2n1)N1CCN(C2CC2)c2ccc(Cl)cc21. The summed E-state index contributed by atoms with van der Waals surface area (Å²) in [6, 6.07) is 8.04. The fourth-order valence-electron chi connectivity index (χ4n) is 3.32. The third kappa shape index (κ3) is 2.42. The highest BCUT2D eigenvalue weighted by Crippen LogP contribution is 2.41. The Kier molecular flexibility index (Phi) is 3.18. The van der Waals surface area contributed by atoms with Gasteiger partial charge in [0.1, 0.15) is 0 Å². The summed E-state index contributed by atoms with van der Waals surface area (Å²) in [5.74, 6) is 0.322. The van der Waals surface area contributed by atoms with Gasteiger partial charge in [-0.3, -0.25) is 4.79 Å². The lowest BCUT2D eigenvalue weighted by atomic mass is 10.1. The smallest absolute Gasteiger partial charge is 0.298 e. The van der Waals surface area contributed by atoms with Crippen molar-refractivity contribution >= 4 is 34.7 Å². The van der Waals surface area contributed by atoms with Crippen LogP contribution in [-0.4, -0.2) is 44.6 Å². The Morgan fingerprint density at radius 2 is 2.08 bits per heavy atom. The molecule has 0 unspecified atom stereocenters. The van der Waals surface area contributed by atoms with Crippen LogP contribution in [0, 0.1) is 0 Å². The molecule has 0 N–H and O–H groups in total. The first-order valence-electron chi connectivity index (χ1n) is 8.26. The van der Waals surface area contributed by atoms with E-state index in [2.05, 4.69) is 20.0 Å². The molecule has 3 aromatic rings. The molecule has 0 saturated heterocycles. The molecule has 0 bridgehead atoms. The number of fused-ring (bicyclic) bond motifs is 2. The van der Waals surface area contributed by atoms with Crippen molar-refractivity contribution in [1.29, 1.82) is 0 Å². The number of anilines is 2.